The summed E-state index contributed by atoms with van der Waals surface area (Å²) in [6.45, 7) is -0.661. The molecule has 0 bridgehead atoms. The molecular weight excluding hydrogens is 658 g/mol. The minimum absolute atomic E-state index is 0.0203. The molecule has 0 unspecified atom stereocenters. The van der Waals surface area contributed by atoms with Gasteiger partial charge in [0.05, 0.1) is 39.3 Å². The Hall–Kier alpha value is -5.43. The van der Waals surface area contributed by atoms with Crippen LogP contribution in [0.3, 0.4) is 0 Å². The van der Waals surface area contributed by atoms with E-state index in [9.17, 15) is 33.6 Å². The normalized spacial score (nSPS) is 10.6. The number of nitrogens with one attached hydrogen (secondary N) is 3. The van der Waals surface area contributed by atoms with Gasteiger partial charge in [-0.05, 0) is 29.7 Å². The van der Waals surface area contributed by atoms with Crippen LogP contribution in [0.15, 0.2) is 54.6 Å². The van der Waals surface area contributed by atoms with E-state index in [0.717, 1.165) is 16.2 Å². The van der Waals surface area contributed by atoms with E-state index in [2.05, 4.69) is 47.4 Å². The van der Waals surface area contributed by atoms with E-state index in [0.29, 0.717) is 5.56 Å². The second-order valence-corrected chi connectivity index (χ2v) is 10.8. The van der Waals surface area contributed by atoms with Gasteiger partial charge in [0.1, 0.15) is 0 Å². The number of hydrogen-bond acceptors (Lipinski definition) is 11. The number of carboxylic acids is 4. The van der Waals surface area contributed by atoms with Crippen LogP contribution in [-0.4, -0.2) is 142 Å². The molecule has 0 saturated carbocycles. The van der Waals surface area contributed by atoms with E-state index in [1.165, 1.54) is 22.6 Å². The first-order valence-corrected chi connectivity index (χ1v) is 15.4. The number of benzene rings is 2. The largest absolute Gasteiger partial charge is 0.480 e. The van der Waals surface area contributed by atoms with Crippen molar-refractivity contribution >= 4 is 41.6 Å². The molecule has 18 heteroatoms. The van der Waals surface area contributed by atoms with Gasteiger partial charge in [0.15, 0.2) is 0 Å². The maximum atomic E-state index is 12.7. The molecule has 2 aromatic rings. The monoisotopic (exact) mass is 703 g/mol. The zero-order chi connectivity index (χ0) is 37.5. The molecule has 0 aliphatic heterocycles. The van der Waals surface area contributed by atoms with Crippen LogP contribution < -0.4 is 21.9 Å². The van der Waals surface area contributed by atoms with Gasteiger partial charge in [0, 0.05) is 38.3 Å². The van der Waals surface area contributed by atoms with Crippen LogP contribution in [0.5, 0.6) is 0 Å². The average Bonchev–Trinajstić information content (AvgIpc) is 3.06. The Morgan fingerprint density at radius 1 is 0.580 bits per heavy atom. The Labute approximate surface area is 288 Å². The number of carboxylic acid groups (broad SMARTS) is 4. The Morgan fingerprint density at radius 3 is 1.44 bits per heavy atom. The molecule has 18 nitrogen and oxygen atoms in total. The quantitative estimate of drug-likeness (QED) is 0.0689. The van der Waals surface area contributed by atoms with Crippen LogP contribution in [0.25, 0.3) is 0 Å². The number of amides is 3. The number of rotatable bonds is 21. The lowest BCUT2D eigenvalue weighted by Crippen LogP contribution is -2.47. The van der Waals surface area contributed by atoms with Gasteiger partial charge < -0.3 is 31.5 Å². The molecule has 0 spiro atoms. The molecule has 0 heterocycles. The van der Waals surface area contributed by atoms with Crippen molar-refractivity contribution in [1.82, 2.24) is 30.9 Å². The van der Waals surface area contributed by atoms with Crippen molar-refractivity contribution in [3.63, 3.8) is 0 Å². The van der Waals surface area contributed by atoms with Crippen LogP contribution in [0.2, 0.25) is 0 Å². The highest BCUT2D eigenvalue weighted by Gasteiger charge is 2.19. The molecule has 0 atom stereocenters. The molecule has 0 radical (unpaired) electrons. The summed E-state index contributed by atoms with van der Waals surface area (Å²) in [6, 6.07) is 16.5. The van der Waals surface area contributed by atoms with Gasteiger partial charge in [-0.25, -0.2) is 0 Å². The number of carbonyl (C=O) groups excluding carboxylic acids is 3. The predicted octanol–water partition coefficient (Wildman–Crippen LogP) is -1.48. The molecule has 0 aromatic heterocycles. The highest BCUT2D eigenvalue weighted by atomic mass is 16.4. The predicted molar refractivity (Wildman–Crippen MR) is 179 cm³/mol. The van der Waals surface area contributed by atoms with E-state index < -0.39 is 67.8 Å². The number of nitrogens with zero attached hydrogens (tertiary/aromatic N) is 3. The van der Waals surface area contributed by atoms with Crippen LogP contribution in [-0.2, 0) is 41.7 Å². The first-order chi connectivity index (χ1) is 23.7. The molecular formula is C32H45N7O11. The van der Waals surface area contributed by atoms with Crippen LogP contribution in [0.4, 0.5) is 0 Å². The fraction of sp³-hybridized carbons (Fsp3) is 0.406. The third kappa shape index (κ3) is 20.1. The smallest absolute Gasteiger partial charge is 0.317 e. The molecule has 50 heavy (non-hydrogen) atoms. The molecule has 0 aliphatic carbocycles. The molecule has 0 saturated heterocycles. The lowest BCUT2D eigenvalue weighted by Gasteiger charge is -2.28. The first-order valence-electron chi connectivity index (χ1n) is 15.4. The molecule has 2 rings (SSSR count). The number of aryl methyl sites for hydroxylation is 1. The van der Waals surface area contributed by atoms with Crippen molar-refractivity contribution in [3.05, 3.63) is 71.3 Å². The SMILES string of the molecule is CCc1ccccc1.NCC(=O)NNC(=O)c1ccc(CNC(=O)CN(CCN(CC(=O)O)CC(=O)O)CCN(CC(=O)O)CC(=O)O)cc1. The first kappa shape index (κ1) is 42.6. The van der Waals surface area contributed by atoms with Crippen molar-refractivity contribution in [2.24, 2.45) is 5.73 Å². The summed E-state index contributed by atoms with van der Waals surface area (Å²) < 4.78 is 0. The summed E-state index contributed by atoms with van der Waals surface area (Å²) in [7, 11) is 0. The highest BCUT2D eigenvalue weighted by molar-refractivity contribution is 5.95. The lowest BCUT2D eigenvalue weighted by atomic mass is 10.1. The number of aliphatic carboxylic acids is 4. The Bertz CT molecular complexity index is 1340. The second-order valence-electron chi connectivity index (χ2n) is 10.8. The average molecular weight is 704 g/mol. The van der Waals surface area contributed by atoms with Gasteiger partial charge >= 0.3 is 23.9 Å². The van der Waals surface area contributed by atoms with Crippen molar-refractivity contribution in [2.75, 3.05) is 65.4 Å². The third-order valence-corrected chi connectivity index (χ3v) is 6.73. The van der Waals surface area contributed by atoms with Crippen molar-refractivity contribution < 1.29 is 54.0 Å². The summed E-state index contributed by atoms with van der Waals surface area (Å²) in [5.41, 5.74) is 11.7. The number of hydrogen-bond donors (Lipinski definition) is 8. The molecule has 274 valence electrons. The Morgan fingerprint density at radius 2 is 1.04 bits per heavy atom. The van der Waals surface area contributed by atoms with E-state index in [-0.39, 0.29) is 51.4 Å². The summed E-state index contributed by atoms with van der Waals surface area (Å²) in [5, 5.41) is 38.9. The van der Waals surface area contributed by atoms with Crippen LogP contribution >= 0.6 is 0 Å². The summed E-state index contributed by atoms with van der Waals surface area (Å²) >= 11 is 0. The minimum Gasteiger partial charge on any atom is -0.480 e. The van der Waals surface area contributed by atoms with Gasteiger partial charge in [-0.1, -0.05) is 49.4 Å². The van der Waals surface area contributed by atoms with Crippen molar-refractivity contribution in [1.29, 1.82) is 0 Å². The fourth-order valence-electron chi connectivity index (χ4n) is 4.23. The zero-order valence-electron chi connectivity index (χ0n) is 27.7. The minimum atomic E-state index is -1.25. The van der Waals surface area contributed by atoms with E-state index >= 15 is 0 Å². The van der Waals surface area contributed by atoms with Crippen molar-refractivity contribution in [3.8, 4) is 0 Å². The molecule has 0 fully saturated rings. The van der Waals surface area contributed by atoms with Crippen LogP contribution in [0, 0.1) is 0 Å². The summed E-state index contributed by atoms with van der Waals surface area (Å²) in [5.74, 6) is -6.64. The standard InChI is InChI=1S/C24H35N7O11.C8H10/c25-9-18(32)27-28-24(42)17-3-1-16(2-4-17)10-26-19(33)11-29(5-7-30(12-20(34)35)13-21(36)37)6-8-31(14-22(38)39)15-23(40)41;1-2-8-6-4-3-5-7-8/h1-4H,5-15,25H2,(H,26,33)(H,27,32)(H,28,42)(H,34,35)(H,36,37)(H,38,39)(H,40,41);3-7H,2H2,1H3. The zero-order valence-corrected chi connectivity index (χ0v) is 27.7. The van der Waals surface area contributed by atoms with Gasteiger partial charge in [0.2, 0.25) is 5.91 Å². The van der Waals surface area contributed by atoms with Gasteiger partial charge in [0.25, 0.3) is 11.8 Å². The summed E-state index contributed by atoms with van der Waals surface area (Å²) in [6.07, 6.45) is 1.14. The lowest BCUT2D eigenvalue weighted by molar-refractivity contribution is -0.143. The maximum absolute atomic E-state index is 12.7. The molecule has 2 aromatic carbocycles. The Kier molecular flexibility index (Phi) is 20.3. The van der Waals surface area contributed by atoms with Gasteiger partial charge in [-0.2, -0.15) is 0 Å². The molecule has 0 aliphatic rings. The second kappa shape index (κ2) is 23.8. The highest BCUT2D eigenvalue weighted by Crippen LogP contribution is 2.05. The third-order valence-electron chi connectivity index (χ3n) is 6.73. The maximum Gasteiger partial charge on any atom is 0.317 e. The van der Waals surface area contributed by atoms with E-state index in [1.807, 2.05) is 6.07 Å². The number of hydrazine groups is 1. The van der Waals surface area contributed by atoms with Gasteiger partial charge in [-0.15, -0.1) is 0 Å². The molecule has 3 amide bonds. The topological polar surface area (TPSA) is 272 Å². The molecule has 9 N–H and O–H groups in total. The Balaban J connectivity index is 0.00000136. The number of nitrogens with two attached hydrogens (primary N) is 1. The van der Waals surface area contributed by atoms with Crippen molar-refractivity contribution in [2.45, 2.75) is 19.9 Å². The summed E-state index contributed by atoms with van der Waals surface area (Å²) in [4.78, 5) is 84.1. The van der Waals surface area contributed by atoms with Crippen LogP contribution in [0.1, 0.15) is 28.4 Å². The van der Waals surface area contributed by atoms with E-state index in [4.69, 9.17) is 26.2 Å². The van der Waals surface area contributed by atoms with E-state index in [1.54, 1.807) is 12.1 Å². The van der Waals surface area contributed by atoms with Gasteiger partial charge in [-0.3, -0.25) is 59.1 Å². The fourth-order valence-corrected chi connectivity index (χ4v) is 4.23. The number of carbonyl (C=O) groups is 7.